The second kappa shape index (κ2) is 12.1. The zero-order valence-electron chi connectivity index (χ0n) is 19.7. The molecular weight excluding hydrogens is 547 g/mol. The third kappa shape index (κ3) is 6.67. The van der Waals surface area contributed by atoms with Crippen LogP contribution in [0, 0.1) is 5.82 Å². The third-order valence-electron chi connectivity index (χ3n) is 4.96. The number of amides is 1. The van der Waals surface area contributed by atoms with Crippen LogP contribution in [-0.4, -0.2) is 24.3 Å². The molecule has 1 amide bonds. The molecular formula is C27H24BrFN2O4S. The highest BCUT2D eigenvalue weighted by atomic mass is 79.9. The SMILES string of the molecule is CCOc1ccc(N=C2NC(=O)/C(=C\c3cc(Br)c(OCc4ccc(F)cc4)c(OCC)c3)S2)cc1. The topological polar surface area (TPSA) is 69.2 Å². The first-order chi connectivity index (χ1) is 17.4. The Morgan fingerprint density at radius 1 is 1.00 bits per heavy atom. The van der Waals surface area contributed by atoms with Gasteiger partial charge in [0.2, 0.25) is 0 Å². The number of carbonyl (C=O) groups excluding carboxylic acids is 1. The Hall–Kier alpha value is -3.30. The van der Waals surface area contributed by atoms with Crippen molar-refractivity contribution in [2.75, 3.05) is 13.2 Å². The van der Waals surface area contributed by atoms with Crippen LogP contribution in [0.1, 0.15) is 25.0 Å². The molecule has 9 heteroatoms. The third-order valence-corrected chi connectivity index (χ3v) is 6.45. The zero-order valence-corrected chi connectivity index (χ0v) is 22.1. The van der Waals surface area contributed by atoms with Gasteiger partial charge in [-0.1, -0.05) is 12.1 Å². The normalized spacial score (nSPS) is 15.3. The average Bonchev–Trinajstić information content (AvgIpc) is 3.19. The van der Waals surface area contributed by atoms with Gasteiger partial charge < -0.3 is 19.5 Å². The van der Waals surface area contributed by atoms with Gasteiger partial charge in [-0.25, -0.2) is 9.38 Å². The molecule has 1 N–H and O–H groups in total. The van der Waals surface area contributed by atoms with Crippen molar-refractivity contribution < 1.29 is 23.4 Å². The van der Waals surface area contributed by atoms with Crippen molar-refractivity contribution in [1.82, 2.24) is 5.32 Å². The van der Waals surface area contributed by atoms with Crippen LogP contribution in [0.4, 0.5) is 10.1 Å². The molecule has 0 unspecified atom stereocenters. The molecule has 186 valence electrons. The molecule has 1 aliphatic heterocycles. The van der Waals surface area contributed by atoms with Crippen molar-refractivity contribution in [3.05, 3.63) is 87.0 Å². The van der Waals surface area contributed by atoms with Gasteiger partial charge in [-0.05, 0) is 107 Å². The first-order valence-electron chi connectivity index (χ1n) is 11.3. The quantitative estimate of drug-likeness (QED) is 0.285. The number of hydrogen-bond acceptors (Lipinski definition) is 6. The molecule has 3 aromatic rings. The second-order valence-electron chi connectivity index (χ2n) is 7.59. The summed E-state index contributed by atoms with van der Waals surface area (Å²) in [5.41, 5.74) is 2.31. The van der Waals surface area contributed by atoms with Crippen LogP contribution in [0.2, 0.25) is 0 Å². The van der Waals surface area contributed by atoms with Gasteiger partial charge >= 0.3 is 0 Å². The molecule has 0 radical (unpaired) electrons. The number of benzene rings is 3. The molecule has 4 rings (SSSR count). The molecule has 0 aromatic heterocycles. The van der Waals surface area contributed by atoms with E-state index in [9.17, 15) is 9.18 Å². The van der Waals surface area contributed by atoms with Crippen molar-refractivity contribution >= 4 is 50.5 Å². The molecule has 3 aromatic carbocycles. The summed E-state index contributed by atoms with van der Waals surface area (Å²) in [6.07, 6.45) is 1.78. The van der Waals surface area contributed by atoms with Gasteiger partial charge in [0, 0.05) is 0 Å². The lowest BCUT2D eigenvalue weighted by Gasteiger charge is -2.15. The molecule has 0 aliphatic carbocycles. The van der Waals surface area contributed by atoms with Crippen LogP contribution in [-0.2, 0) is 11.4 Å². The molecule has 0 spiro atoms. The number of thioether (sulfide) groups is 1. The van der Waals surface area contributed by atoms with Crippen molar-refractivity contribution in [1.29, 1.82) is 0 Å². The molecule has 0 bridgehead atoms. The Kier molecular flexibility index (Phi) is 8.66. The highest BCUT2D eigenvalue weighted by molar-refractivity contribution is 9.10. The monoisotopic (exact) mass is 570 g/mol. The van der Waals surface area contributed by atoms with Crippen LogP contribution in [0.25, 0.3) is 6.08 Å². The van der Waals surface area contributed by atoms with Crippen LogP contribution < -0.4 is 19.5 Å². The van der Waals surface area contributed by atoms with E-state index in [1.165, 1.54) is 23.9 Å². The Labute approximate surface area is 221 Å². The lowest BCUT2D eigenvalue weighted by Crippen LogP contribution is -2.19. The maximum atomic E-state index is 13.2. The highest BCUT2D eigenvalue weighted by Gasteiger charge is 2.24. The summed E-state index contributed by atoms with van der Waals surface area (Å²) in [7, 11) is 0. The summed E-state index contributed by atoms with van der Waals surface area (Å²) in [5, 5.41) is 3.30. The minimum absolute atomic E-state index is 0.226. The number of aliphatic imine (C=N–C) groups is 1. The second-order valence-corrected chi connectivity index (χ2v) is 9.47. The average molecular weight is 571 g/mol. The van der Waals surface area contributed by atoms with Crippen molar-refractivity contribution in [3.63, 3.8) is 0 Å². The number of hydrogen-bond donors (Lipinski definition) is 1. The molecule has 1 heterocycles. The molecule has 36 heavy (non-hydrogen) atoms. The van der Waals surface area contributed by atoms with E-state index in [4.69, 9.17) is 14.2 Å². The fourth-order valence-corrected chi connectivity index (χ4v) is 4.76. The van der Waals surface area contributed by atoms with Crippen molar-refractivity contribution in [3.8, 4) is 17.2 Å². The number of nitrogens with zero attached hydrogens (tertiary/aromatic N) is 1. The zero-order chi connectivity index (χ0) is 25.5. The van der Waals surface area contributed by atoms with Gasteiger partial charge in [0.1, 0.15) is 18.2 Å². The predicted octanol–water partition coefficient (Wildman–Crippen LogP) is 6.86. The maximum absolute atomic E-state index is 13.2. The van der Waals surface area contributed by atoms with E-state index in [2.05, 4.69) is 26.2 Å². The summed E-state index contributed by atoms with van der Waals surface area (Å²) < 4.78 is 31.1. The number of carbonyl (C=O) groups is 1. The summed E-state index contributed by atoms with van der Waals surface area (Å²) in [6, 6.07) is 17.2. The van der Waals surface area contributed by atoms with Gasteiger partial charge in [0.15, 0.2) is 16.7 Å². The summed E-state index contributed by atoms with van der Waals surface area (Å²) in [6.45, 7) is 5.09. The van der Waals surface area contributed by atoms with Crippen LogP contribution in [0.3, 0.4) is 0 Å². The van der Waals surface area contributed by atoms with Gasteiger partial charge in [0.05, 0.1) is 28.3 Å². The predicted molar refractivity (Wildman–Crippen MR) is 144 cm³/mol. The maximum Gasteiger partial charge on any atom is 0.264 e. The number of nitrogens with one attached hydrogen (secondary N) is 1. The van der Waals surface area contributed by atoms with E-state index in [0.717, 1.165) is 16.9 Å². The summed E-state index contributed by atoms with van der Waals surface area (Å²) in [5.74, 6) is 1.31. The Balaban J connectivity index is 1.51. The molecule has 0 atom stereocenters. The van der Waals surface area contributed by atoms with Gasteiger partial charge in [-0.15, -0.1) is 0 Å². The van der Waals surface area contributed by atoms with Gasteiger partial charge in [0.25, 0.3) is 5.91 Å². The first-order valence-corrected chi connectivity index (χ1v) is 12.9. The van der Waals surface area contributed by atoms with Crippen LogP contribution in [0.5, 0.6) is 17.2 Å². The first kappa shape index (κ1) is 25.8. The summed E-state index contributed by atoms with van der Waals surface area (Å²) >= 11 is 4.82. The van der Waals surface area contributed by atoms with Crippen molar-refractivity contribution in [2.45, 2.75) is 20.5 Å². The van der Waals surface area contributed by atoms with E-state index in [0.29, 0.717) is 44.9 Å². The number of halogens is 2. The Bertz CT molecular complexity index is 1290. The van der Waals surface area contributed by atoms with E-state index < -0.39 is 0 Å². The lowest BCUT2D eigenvalue weighted by atomic mass is 10.1. The van der Waals surface area contributed by atoms with Crippen LogP contribution in [0.15, 0.2) is 75.0 Å². The Morgan fingerprint density at radius 2 is 1.72 bits per heavy atom. The van der Waals surface area contributed by atoms with Gasteiger partial charge in [-0.3, -0.25) is 4.79 Å². The largest absolute Gasteiger partial charge is 0.494 e. The molecule has 6 nitrogen and oxygen atoms in total. The molecule has 1 saturated heterocycles. The van der Waals surface area contributed by atoms with Gasteiger partial charge in [-0.2, -0.15) is 0 Å². The van der Waals surface area contributed by atoms with Crippen molar-refractivity contribution in [2.24, 2.45) is 4.99 Å². The number of amidine groups is 1. The standard InChI is InChI=1S/C27H24BrFN2O4S/c1-3-33-21-11-9-20(10-12-21)30-27-31-26(32)24(36-27)15-18-13-22(28)25(23(14-18)34-4-2)35-16-17-5-7-19(29)8-6-17/h5-15H,3-4,16H2,1-2H3,(H,30,31,32)/b24-15+. The highest BCUT2D eigenvalue weighted by Crippen LogP contribution is 2.39. The number of rotatable bonds is 9. The van der Waals surface area contributed by atoms with E-state index in [1.807, 2.05) is 50.2 Å². The fraction of sp³-hybridized carbons (Fsp3) is 0.185. The fourth-order valence-electron chi connectivity index (χ4n) is 3.34. The van der Waals surface area contributed by atoms with Crippen LogP contribution >= 0.6 is 27.7 Å². The number of ether oxygens (including phenoxy) is 3. The molecule has 1 aliphatic rings. The lowest BCUT2D eigenvalue weighted by molar-refractivity contribution is -0.115. The van der Waals surface area contributed by atoms with E-state index >= 15 is 0 Å². The minimum Gasteiger partial charge on any atom is -0.494 e. The summed E-state index contributed by atoms with van der Waals surface area (Å²) in [4.78, 5) is 17.6. The minimum atomic E-state index is -0.297. The molecule has 1 fully saturated rings. The van der Waals surface area contributed by atoms with E-state index in [1.54, 1.807) is 18.2 Å². The smallest absolute Gasteiger partial charge is 0.264 e. The Morgan fingerprint density at radius 3 is 2.42 bits per heavy atom. The van der Waals surface area contributed by atoms with E-state index in [-0.39, 0.29) is 18.3 Å². The molecule has 0 saturated carbocycles.